The Balaban J connectivity index is 5.37. The average molecular weight is 1050 g/mol. The van der Waals surface area contributed by atoms with Gasteiger partial charge in [0.05, 0.1) is 33.8 Å². The number of esters is 1. The number of likely N-dealkylation sites (N-methyl/N-ethyl adjacent to an activating group) is 1. The molecule has 3 unspecified atom stereocenters. The number of ether oxygens (including phenoxy) is 1. The Morgan fingerprint density at radius 2 is 0.878 bits per heavy atom. The van der Waals surface area contributed by atoms with E-state index in [4.69, 9.17) is 13.8 Å². The Morgan fingerprint density at radius 1 is 0.486 bits per heavy atom. The summed E-state index contributed by atoms with van der Waals surface area (Å²) in [7, 11) is 1.45. The normalized spacial score (nSPS) is 14.4. The fraction of sp³-hybridized carbons (Fsp3) is 0.719. The molecule has 0 aliphatic rings. The van der Waals surface area contributed by atoms with E-state index in [1.165, 1.54) is 141 Å². The van der Waals surface area contributed by atoms with Crippen molar-refractivity contribution in [3.8, 4) is 0 Å². The predicted octanol–water partition coefficient (Wildman–Crippen LogP) is 18.4. The molecule has 0 aromatic carbocycles. The molecule has 74 heavy (non-hydrogen) atoms. The highest BCUT2D eigenvalue weighted by molar-refractivity contribution is 7.47. The van der Waals surface area contributed by atoms with Crippen LogP contribution >= 0.6 is 7.82 Å². The number of phosphoric ester groups is 1. The third kappa shape index (κ3) is 53.7. The van der Waals surface area contributed by atoms with E-state index in [-0.39, 0.29) is 37.9 Å². The summed E-state index contributed by atoms with van der Waals surface area (Å²) < 4.78 is 30.6. The minimum atomic E-state index is -4.46. The van der Waals surface area contributed by atoms with Crippen molar-refractivity contribution in [1.82, 2.24) is 5.32 Å². The van der Waals surface area contributed by atoms with Crippen LogP contribution in [0.1, 0.15) is 245 Å². The number of rotatable bonds is 53. The molecule has 1 amide bonds. The van der Waals surface area contributed by atoms with Gasteiger partial charge >= 0.3 is 13.8 Å². The third-order valence-electron chi connectivity index (χ3n) is 12.9. The summed E-state index contributed by atoms with van der Waals surface area (Å²) in [5, 5.41) is 3.02. The SMILES string of the molecule is CC\C=C/C=C/C=C/C=C\C=C\C=C\CCCCCC(=O)NC(COP(=O)(O)OCC[N+](C)(C)C)C(/C=C/CCCCCCCCCCCC)OC(=O)CCCCCCCCCCC/C=C/CCCCCCCC. The molecule has 0 aliphatic carbocycles. The summed E-state index contributed by atoms with van der Waals surface area (Å²) in [5.74, 6) is -0.561. The number of nitrogens with one attached hydrogen (secondary N) is 1. The van der Waals surface area contributed by atoms with Crippen molar-refractivity contribution in [3.05, 3.63) is 97.2 Å². The van der Waals surface area contributed by atoms with Crippen LogP contribution in [0.5, 0.6) is 0 Å². The van der Waals surface area contributed by atoms with Gasteiger partial charge in [0.2, 0.25) is 5.91 Å². The molecule has 0 spiro atoms. The second-order valence-corrected chi connectivity index (χ2v) is 22.7. The fourth-order valence-corrected chi connectivity index (χ4v) is 9.00. The molecule has 10 heteroatoms. The fourth-order valence-electron chi connectivity index (χ4n) is 8.26. The lowest BCUT2D eigenvalue weighted by atomic mass is 10.0. The van der Waals surface area contributed by atoms with Gasteiger partial charge in [0.15, 0.2) is 0 Å². The average Bonchev–Trinajstić information content (AvgIpc) is 3.36. The standard InChI is InChI=1S/C64H113N2O7P/c1-7-10-13-16-19-22-25-28-30-32-33-35-37-39-42-45-48-51-54-57-64(68)73-62(55-52-49-46-43-40-27-24-21-18-15-12-9-3)61(60-72-74(69,70)71-59-58-66(4,5)6)65-63(67)56-53-50-47-44-41-38-36-34-31-29-26-23-20-17-14-11-8-2/h11,14,17,20,23,26,28-31,34,36,38,41,52,55,61-62H,7-10,12-13,15-16,18-19,21-22,24-25,27,32-33,35,37,39-40,42-51,53-54,56-60H2,1-6H3,(H-,65,67,69,70)/p+1/b14-11-,20-17+,26-23+,30-28+,31-29-,36-34+,41-38+,55-52+. The van der Waals surface area contributed by atoms with E-state index in [1.54, 1.807) is 0 Å². The number of hydrogen-bond acceptors (Lipinski definition) is 6. The second-order valence-electron chi connectivity index (χ2n) is 21.3. The van der Waals surface area contributed by atoms with E-state index in [0.29, 0.717) is 17.4 Å². The molecule has 9 nitrogen and oxygen atoms in total. The van der Waals surface area contributed by atoms with Crippen LogP contribution in [-0.2, 0) is 27.9 Å². The lowest BCUT2D eigenvalue weighted by Gasteiger charge is -2.27. The Labute approximate surface area is 456 Å². The Hall–Kier alpha value is -3.07. The van der Waals surface area contributed by atoms with Gasteiger partial charge in [-0.05, 0) is 76.7 Å². The van der Waals surface area contributed by atoms with Gasteiger partial charge in [-0.3, -0.25) is 18.6 Å². The van der Waals surface area contributed by atoms with E-state index < -0.39 is 20.0 Å². The number of phosphoric acid groups is 1. The first-order valence-electron chi connectivity index (χ1n) is 30.1. The van der Waals surface area contributed by atoms with Crippen LogP contribution in [0.25, 0.3) is 0 Å². The zero-order chi connectivity index (χ0) is 54.3. The molecule has 0 fully saturated rings. The lowest BCUT2D eigenvalue weighted by molar-refractivity contribution is -0.870. The van der Waals surface area contributed by atoms with Gasteiger partial charge in [-0.15, -0.1) is 0 Å². The Bertz CT molecular complexity index is 1590. The monoisotopic (exact) mass is 1050 g/mol. The molecule has 0 rings (SSSR count). The van der Waals surface area contributed by atoms with Gasteiger partial charge in [0, 0.05) is 12.8 Å². The molecule has 2 N–H and O–H groups in total. The summed E-state index contributed by atoms with van der Waals surface area (Å²) in [5.41, 5.74) is 0. The zero-order valence-corrected chi connectivity index (χ0v) is 49.4. The second kappa shape index (κ2) is 53.3. The summed E-state index contributed by atoms with van der Waals surface area (Å²) in [6, 6.07) is -0.877. The largest absolute Gasteiger partial charge is 0.472 e. The minimum absolute atomic E-state index is 0.0263. The third-order valence-corrected chi connectivity index (χ3v) is 13.9. The summed E-state index contributed by atoms with van der Waals surface area (Å²) in [6.45, 7) is 6.82. The molecule has 0 heterocycles. The van der Waals surface area contributed by atoms with Crippen molar-refractivity contribution < 1.29 is 37.3 Å². The number of carbonyl (C=O) groups is 2. The molecule has 426 valence electrons. The highest BCUT2D eigenvalue weighted by atomic mass is 31.2. The van der Waals surface area contributed by atoms with Crippen LogP contribution in [-0.4, -0.2) is 74.3 Å². The highest BCUT2D eigenvalue weighted by Crippen LogP contribution is 2.43. The van der Waals surface area contributed by atoms with Crippen molar-refractivity contribution in [2.75, 3.05) is 40.9 Å². The Morgan fingerprint density at radius 3 is 1.35 bits per heavy atom. The van der Waals surface area contributed by atoms with Crippen molar-refractivity contribution >= 4 is 19.7 Å². The molecule has 0 aromatic rings. The minimum Gasteiger partial charge on any atom is -0.456 e. The number of unbranched alkanes of at least 4 members (excludes halogenated alkanes) is 28. The molecule has 0 aromatic heterocycles. The van der Waals surface area contributed by atoms with Crippen LogP contribution in [0.15, 0.2) is 97.2 Å². The van der Waals surface area contributed by atoms with Crippen LogP contribution in [0.3, 0.4) is 0 Å². The number of nitrogens with zero attached hydrogens (tertiary/aromatic N) is 1. The molecule has 0 saturated carbocycles. The van der Waals surface area contributed by atoms with Crippen LogP contribution in [0.2, 0.25) is 0 Å². The van der Waals surface area contributed by atoms with Crippen LogP contribution < -0.4 is 5.32 Å². The van der Waals surface area contributed by atoms with Crippen molar-refractivity contribution in [1.29, 1.82) is 0 Å². The first-order chi connectivity index (χ1) is 35.9. The maximum absolute atomic E-state index is 13.5. The molecule has 3 atom stereocenters. The van der Waals surface area contributed by atoms with Gasteiger partial charge in [0.25, 0.3) is 0 Å². The van der Waals surface area contributed by atoms with E-state index in [1.807, 2.05) is 94.1 Å². The number of carbonyl (C=O) groups excluding carboxylic acids is 2. The molecular weight excluding hydrogens is 940 g/mol. The van der Waals surface area contributed by atoms with E-state index >= 15 is 0 Å². The van der Waals surface area contributed by atoms with Gasteiger partial charge < -0.3 is 19.4 Å². The lowest BCUT2D eigenvalue weighted by Crippen LogP contribution is -2.47. The predicted molar refractivity (Wildman–Crippen MR) is 318 cm³/mol. The van der Waals surface area contributed by atoms with Gasteiger partial charge in [-0.1, -0.05) is 253 Å². The number of allylic oxidation sites excluding steroid dienone is 15. The van der Waals surface area contributed by atoms with Gasteiger partial charge in [0.1, 0.15) is 19.3 Å². The number of quaternary nitrogens is 1. The van der Waals surface area contributed by atoms with E-state index in [9.17, 15) is 19.0 Å². The molecule has 0 saturated heterocycles. The maximum atomic E-state index is 13.5. The number of amides is 1. The van der Waals surface area contributed by atoms with Crippen LogP contribution in [0.4, 0.5) is 0 Å². The highest BCUT2D eigenvalue weighted by Gasteiger charge is 2.30. The molecule has 0 radical (unpaired) electrons. The van der Waals surface area contributed by atoms with Crippen LogP contribution in [0, 0.1) is 0 Å². The summed E-state index contributed by atoms with van der Waals surface area (Å²) in [6.07, 6.45) is 71.2. The first-order valence-corrected chi connectivity index (χ1v) is 31.6. The van der Waals surface area contributed by atoms with Crippen molar-refractivity contribution in [3.63, 3.8) is 0 Å². The Kier molecular flexibility index (Phi) is 51.1. The topological polar surface area (TPSA) is 111 Å². The summed E-state index contributed by atoms with van der Waals surface area (Å²) >= 11 is 0. The molecular formula is C64H114N2O7P+. The maximum Gasteiger partial charge on any atom is 0.472 e. The first kappa shape index (κ1) is 70.9. The molecule has 0 aliphatic heterocycles. The smallest absolute Gasteiger partial charge is 0.456 e. The van der Waals surface area contributed by atoms with Crippen molar-refractivity contribution in [2.45, 2.75) is 258 Å². The van der Waals surface area contributed by atoms with Crippen molar-refractivity contribution in [2.24, 2.45) is 0 Å². The van der Waals surface area contributed by atoms with E-state index in [2.05, 4.69) is 50.4 Å². The van der Waals surface area contributed by atoms with Gasteiger partial charge in [-0.25, -0.2) is 4.57 Å². The summed E-state index contributed by atoms with van der Waals surface area (Å²) in [4.78, 5) is 37.7. The van der Waals surface area contributed by atoms with E-state index in [0.717, 1.165) is 64.2 Å². The van der Waals surface area contributed by atoms with Gasteiger partial charge in [-0.2, -0.15) is 0 Å². The quantitative estimate of drug-likeness (QED) is 0.0156. The zero-order valence-electron chi connectivity index (χ0n) is 48.6. The number of hydrogen-bond donors (Lipinski definition) is 2. The molecule has 0 bridgehead atoms.